The normalized spacial score (nSPS) is 12.2. The molecule has 0 aromatic heterocycles. The van der Waals surface area contributed by atoms with Crippen LogP contribution in [-0.4, -0.2) is 0 Å². The Morgan fingerprint density at radius 1 is 1.10 bits per heavy atom. The van der Waals surface area contributed by atoms with E-state index in [1.807, 2.05) is 13.0 Å². The van der Waals surface area contributed by atoms with E-state index in [1.54, 1.807) is 0 Å². The molecule has 0 aromatic carbocycles. The molecule has 0 spiro atoms. The number of allylic oxidation sites excluding steroid dienone is 6. The van der Waals surface area contributed by atoms with Crippen molar-refractivity contribution >= 4 is 0 Å². The van der Waals surface area contributed by atoms with Gasteiger partial charge in [-0.15, -0.1) is 0 Å². The Bertz CT molecular complexity index is 164. The van der Waals surface area contributed by atoms with Gasteiger partial charge in [0, 0.05) is 0 Å². The summed E-state index contributed by atoms with van der Waals surface area (Å²) >= 11 is 0. The van der Waals surface area contributed by atoms with Crippen LogP contribution in [0.5, 0.6) is 0 Å². The van der Waals surface area contributed by atoms with E-state index in [0.29, 0.717) is 0 Å². The molecule has 0 bridgehead atoms. The van der Waals surface area contributed by atoms with Crippen LogP contribution in [0, 0.1) is 0 Å². The van der Waals surface area contributed by atoms with Gasteiger partial charge >= 0.3 is 0 Å². The fourth-order valence-corrected chi connectivity index (χ4v) is 0.751. The smallest absolute Gasteiger partial charge is 0.0398 e. The van der Waals surface area contributed by atoms with Crippen LogP contribution in [0.3, 0.4) is 0 Å². The Balaban J connectivity index is 4.08. The molecule has 0 N–H and O–H groups in total. The van der Waals surface area contributed by atoms with Crippen molar-refractivity contribution in [2.75, 3.05) is 0 Å². The molecule has 10 heavy (non-hydrogen) atoms. The van der Waals surface area contributed by atoms with Crippen LogP contribution in [-0.2, 0) is 0 Å². The van der Waals surface area contributed by atoms with Gasteiger partial charge in [-0.1, -0.05) is 35.5 Å². The molecule has 0 amide bonds. The van der Waals surface area contributed by atoms with Crippen molar-refractivity contribution in [2.45, 2.75) is 27.7 Å². The second-order valence-electron chi connectivity index (χ2n) is 2.66. The molecule has 0 saturated heterocycles. The monoisotopic (exact) mass is 136 g/mol. The second kappa shape index (κ2) is 5.04. The molecule has 56 valence electrons. The second-order valence-corrected chi connectivity index (χ2v) is 2.66. The molecule has 0 saturated carbocycles. The molecule has 0 fully saturated rings. The van der Waals surface area contributed by atoms with Crippen LogP contribution in [0.15, 0.2) is 35.5 Å². The van der Waals surface area contributed by atoms with Crippen LogP contribution >= 0.6 is 0 Å². The molecule has 0 aromatic rings. The fraction of sp³-hybridized carbons (Fsp3) is 0.400. The summed E-state index contributed by atoms with van der Waals surface area (Å²) in [4.78, 5) is 0. The molecule has 0 atom stereocenters. The lowest BCUT2D eigenvalue weighted by Crippen LogP contribution is -1.68. The molecule has 0 radical (unpaired) electrons. The van der Waals surface area contributed by atoms with E-state index in [9.17, 15) is 0 Å². The van der Waals surface area contributed by atoms with Gasteiger partial charge in [-0.05, 0) is 27.7 Å². The lowest BCUT2D eigenvalue weighted by atomic mass is 10.2. The van der Waals surface area contributed by atoms with Gasteiger partial charge in [0.15, 0.2) is 0 Å². The summed E-state index contributed by atoms with van der Waals surface area (Å²) < 4.78 is 0. The van der Waals surface area contributed by atoms with Crippen molar-refractivity contribution < 1.29 is 0 Å². The zero-order valence-corrected chi connectivity index (χ0v) is 7.31. The van der Waals surface area contributed by atoms with E-state index < -0.39 is 0 Å². The third-order valence-corrected chi connectivity index (χ3v) is 1.07. The highest BCUT2D eigenvalue weighted by Gasteiger charge is 1.78. The maximum atomic E-state index is 2.17. The van der Waals surface area contributed by atoms with Crippen molar-refractivity contribution in [1.82, 2.24) is 0 Å². The maximum absolute atomic E-state index is 2.17. The first kappa shape index (κ1) is 9.22. The summed E-state index contributed by atoms with van der Waals surface area (Å²) in [5.74, 6) is 0. The number of hydrogen-bond acceptors (Lipinski definition) is 0. The molecule has 0 heterocycles. The third-order valence-electron chi connectivity index (χ3n) is 1.07. The Morgan fingerprint density at radius 2 is 1.70 bits per heavy atom. The summed E-state index contributed by atoms with van der Waals surface area (Å²) in [7, 11) is 0. The van der Waals surface area contributed by atoms with Crippen LogP contribution in [0.4, 0.5) is 0 Å². The fourth-order valence-electron chi connectivity index (χ4n) is 0.751. The van der Waals surface area contributed by atoms with Crippen LogP contribution in [0.2, 0.25) is 0 Å². The van der Waals surface area contributed by atoms with Crippen LogP contribution < -0.4 is 0 Å². The lowest BCUT2D eigenvalue weighted by Gasteiger charge is -1.89. The highest BCUT2D eigenvalue weighted by molar-refractivity contribution is 5.23. The molecule has 0 aliphatic rings. The highest BCUT2D eigenvalue weighted by Crippen LogP contribution is 1.99. The summed E-state index contributed by atoms with van der Waals surface area (Å²) in [6, 6.07) is 0. The predicted molar refractivity (Wildman–Crippen MR) is 48.0 cm³/mol. The molecule has 0 nitrogen and oxygen atoms in total. The zero-order valence-electron chi connectivity index (χ0n) is 7.31. The molecular weight excluding hydrogens is 120 g/mol. The summed E-state index contributed by atoms with van der Waals surface area (Å²) in [5, 5.41) is 0. The lowest BCUT2D eigenvalue weighted by molar-refractivity contribution is 1.35. The average molecular weight is 136 g/mol. The minimum absolute atomic E-state index is 1.30. The largest absolute Gasteiger partial charge is 0.0877 e. The van der Waals surface area contributed by atoms with Crippen molar-refractivity contribution in [1.29, 1.82) is 0 Å². The molecular formula is C10H16. The van der Waals surface area contributed by atoms with Crippen LogP contribution in [0.25, 0.3) is 0 Å². The Morgan fingerprint density at radius 3 is 2.10 bits per heavy atom. The molecule has 0 heteroatoms. The van der Waals surface area contributed by atoms with E-state index in [2.05, 4.69) is 39.0 Å². The van der Waals surface area contributed by atoms with Gasteiger partial charge in [-0.3, -0.25) is 0 Å². The summed E-state index contributed by atoms with van der Waals surface area (Å²) in [6.07, 6.45) is 8.35. The first-order valence-corrected chi connectivity index (χ1v) is 3.61. The van der Waals surface area contributed by atoms with Gasteiger partial charge in [0.2, 0.25) is 0 Å². The SMILES string of the molecule is C/C=C/C=C(/C)C=C(C)C. The van der Waals surface area contributed by atoms with Crippen LogP contribution in [0.1, 0.15) is 27.7 Å². The van der Waals surface area contributed by atoms with E-state index >= 15 is 0 Å². The van der Waals surface area contributed by atoms with Crippen molar-refractivity contribution in [3.8, 4) is 0 Å². The summed E-state index contributed by atoms with van der Waals surface area (Å²) in [6.45, 7) is 8.33. The van der Waals surface area contributed by atoms with E-state index in [-0.39, 0.29) is 0 Å². The number of rotatable bonds is 2. The Kier molecular flexibility index (Phi) is 4.65. The van der Waals surface area contributed by atoms with Crippen molar-refractivity contribution in [3.63, 3.8) is 0 Å². The molecule has 0 rings (SSSR count). The Hall–Kier alpha value is -0.780. The van der Waals surface area contributed by atoms with Gasteiger partial charge in [0.05, 0.1) is 0 Å². The van der Waals surface area contributed by atoms with E-state index in [1.165, 1.54) is 11.1 Å². The average Bonchev–Trinajstić information content (AvgIpc) is 1.82. The van der Waals surface area contributed by atoms with E-state index in [4.69, 9.17) is 0 Å². The quantitative estimate of drug-likeness (QED) is 0.510. The van der Waals surface area contributed by atoms with Gasteiger partial charge in [-0.25, -0.2) is 0 Å². The standard InChI is InChI=1S/C10H16/c1-5-6-7-10(4)8-9(2)3/h5-8H,1-4H3/b6-5+,10-7-. The van der Waals surface area contributed by atoms with Crippen molar-refractivity contribution in [2.24, 2.45) is 0 Å². The minimum Gasteiger partial charge on any atom is -0.0877 e. The Labute approximate surface area is 64.0 Å². The van der Waals surface area contributed by atoms with Gasteiger partial charge in [0.25, 0.3) is 0 Å². The minimum atomic E-state index is 1.30. The summed E-state index contributed by atoms with van der Waals surface area (Å²) in [5.41, 5.74) is 2.65. The molecule has 0 unspecified atom stereocenters. The first-order chi connectivity index (χ1) is 4.66. The first-order valence-electron chi connectivity index (χ1n) is 3.61. The highest BCUT2D eigenvalue weighted by atomic mass is 13.9. The van der Waals surface area contributed by atoms with Crippen molar-refractivity contribution in [3.05, 3.63) is 35.5 Å². The van der Waals surface area contributed by atoms with Gasteiger partial charge in [0.1, 0.15) is 0 Å². The molecule has 0 aliphatic heterocycles. The zero-order chi connectivity index (χ0) is 7.98. The maximum Gasteiger partial charge on any atom is -0.0398 e. The van der Waals surface area contributed by atoms with Gasteiger partial charge < -0.3 is 0 Å². The van der Waals surface area contributed by atoms with E-state index in [0.717, 1.165) is 0 Å². The van der Waals surface area contributed by atoms with Gasteiger partial charge in [-0.2, -0.15) is 0 Å². The molecule has 0 aliphatic carbocycles. The predicted octanol–water partition coefficient (Wildman–Crippen LogP) is 3.48. The third kappa shape index (κ3) is 5.36. The topological polar surface area (TPSA) is 0 Å². The number of hydrogen-bond donors (Lipinski definition) is 0.